The van der Waals surface area contributed by atoms with Crippen molar-refractivity contribution in [2.45, 2.75) is 299 Å². The third-order valence-electron chi connectivity index (χ3n) is 20.7. The van der Waals surface area contributed by atoms with Gasteiger partial charge in [-0.1, -0.05) is 20.8 Å². The molecule has 0 spiro atoms. The van der Waals surface area contributed by atoms with E-state index in [9.17, 15) is 91.9 Å². The third-order valence-corrected chi connectivity index (χ3v) is 20.7. The largest absolute Gasteiger partial charge is 0.388 e. The maximum absolute atomic E-state index is 10.7. The van der Waals surface area contributed by atoms with E-state index in [1.807, 2.05) is 0 Å². The molecule has 10 fully saturated rings. The second-order valence-corrected chi connectivity index (χ2v) is 30.5. The van der Waals surface area contributed by atoms with Gasteiger partial charge in [0.15, 0.2) is 18.9 Å². The highest BCUT2D eigenvalue weighted by Crippen LogP contribution is 2.33. The lowest BCUT2D eigenvalue weighted by Crippen LogP contribution is -2.62. The summed E-state index contributed by atoms with van der Waals surface area (Å²) in [6.45, 7) is 14.0. The minimum absolute atomic E-state index is 0.00120. The van der Waals surface area contributed by atoms with Crippen molar-refractivity contribution in [1.82, 2.24) is 0 Å². The summed E-state index contributed by atoms with van der Waals surface area (Å²) in [5.41, 5.74) is 0. The Morgan fingerprint density at radius 1 is 0.248 bits per heavy atom. The fourth-order valence-electron chi connectivity index (χ4n) is 13.2. The zero-order valence-corrected chi connectivity index (χ0v) is 68.0. The van der Waals surface area contributed by atoms with Crippen molar-refractivity contribution < 1.29 is 206 Å². The molecule has 10 saturated heterocycles. The maximum atomic E-state index is 10.7. The summed E-state index contributed by atoms with van der Waals surface area (Å²) in [6.07, 6.45) is -30.0. The van der Waals surface area contributed by atoms with Crippen molar-refractivity contribution in [2.24, 2.45) is 0 Å². The van der Waals surface area contributed by atoms with E-state index < -0.39 is 196 Å². The van der Waals surface area contributed by atoms with Crippen LogP contribution in [0.4, 0.5) is 0 Å². The van der Waals surface area contributed by atoms with E-state index in [0.717, 1.165) is 91.4 Å². The zero-order valence-electron chi connectivity index (χ0n) is 68.0. The lowest BCUT2D eigenvalue weighted by atomic mass is 9.94. The molecule has 10 rings (SSSR count). The van der Waals surface area contributed by atoms with E-state index in [0.29, 0.717) is 71.1 Å². The van der Waals surface area contributed by atoms with Crippen LogP contribution in [0.15, 0.2) is 0 Å². The summed E-state index contributed by atoms with van der Waals surface area (Å²) in [5, 5.41) is 183. The van der Waals surface area contributed by atoms with Crippen LogP contribution in [0.2, 0.25) is 0 Å². The molecule has 690 valence electrons. The van der Waals surface area contributed by atoms with Gasteiger partial charge in [0.2, 0.25) is 0 Å². The minimum atomic E-state index is -1.52. The van der Waals surface area contributed by atoms with Crippen LogP contribution in [0.5, 0.6) is 0 Å². The van der Waals surface area contributed by atoms with Crippen molar-refractivity contribution in [3.63, 3.8) is 0 Å². The predicted octanol–water partition coefficient (Wildman–Crippen LogP) is -8.06. The van der Waals surface area contributed by atoms with Crippen LogP contribution < -0.4 is 0 Å². The monoisotopic (exact) mass is 1710 g/mol. The van der Waals surface area contributed by atoms with E-state index in [1.54, 1.807) is 20.8 Å². The molecule has 0 aromatic heterocycles. The quantitative estimate of drug-likeness (QED) is 0.0199. The second-order valence-electron chi connectivity index (χ2n) is 30.5. The van der Waals surface area contributed by atoms with E-state index in [-0.39, 0.29) is 78.3 Å². The molecule has 117 heavy (non-hydrogen) atoms. The van der Waals surface area contributed by atoms with Gasteiger partial charge in [0.1, 0.15) is 183 Å². The van der Waals surface area contributed by atoms with Gasteiger partial charge in [0.25, 0.3) is 0 Å². The van der Waals surface area contributed by atoms with Gasteiger partial charge < -0.3 is 206 Å². The molecule has 42 heteroatoms. The first-order valence-electron chi connectivity index (χ1n) is 40.9. The van der Waals surface area contributed by atoms with Gasteiger partial charge in [-0.25, -0.2) is 0 Å². The first kappa shape index (κ1) is 102. The Morgan fingerprint density at radius 3 is 0.744 bits per heavy atom. The summed E-state index contributed by atoms with van der Waals surface area (Å²) in [5.74, 6) is 0. The van der Waals surface area contributed by atoms with Crippen molar-refractivity contribution in [1.29, 1.82) is 0 Å². The fourth-order valence-corrected chi connectivity index (χ4v) is 13.2. The first-order chi connectivity index (χ1) is 56.3. The number of unbranched alkanes of at least 4 members (excludes halogenated alkanes) is 3. The molecule has 0 aromatic carbocycles. The number of aliphatic hydroxyl groups excluding tert-OH is 18. The number of methoxy groups -OCH3 is 3. The molecule has 18 N–H and O–H groups in total. The molecule has 10 aliphatic rings. The van der Waals surface area contributed by atoms with Crippen LogP contribution in [0.25, 0.3) is 0 Å². The number of epoxide rings is 4. The molecule has 0 radical (unpaired) electrons. The summed E-state index contributed by atoms with van der Waals surface area (Å²) >= 11 is 0. The van der Waals surface area contributed by atoms with Gasteiger partial charge in [0.05, 0.1) is 137 Å². The van der Waals surface area contributed by atoms with Crippen molar-refractivity contribution in [2.75, 3.05) is 180 Å². The molecule has 36 atom stereocenters. The van der Waals surface area contributed by atoms with Crippen LogP contribution in [-0.4, -0.2) is 492 Å². The Labute approximate surface area is 682 Å². The van der Waals surface area contributed by atoms with Gasteiger partial charge >= 0.3 is 0 Å². The highest BCUT2D eigenvalue weighted by atomic mass is 16.7. The highest BCUT2D eigenvalue weighted by molar-refractivity contribution is 4.98. The van der Waals surface area contributed by atoms with Crippen molar-refractivity contribution >= 4 is 0 Å². The topological polar surface area (TPSA) is 599 Å². The van der Waals surface area contributed by atoms with E-state index in [2.05, 4.69) is 0 Å². The Kier molecular flexibility index (Phi) is 48.2. The van der Waals surface area contributed by atoms with Crippen LogP contribution in [0.1, 0.15) is 78.6 Å². The minimum Gasteiger partial charge on any atom is -0.388 e. The molecule has 0 amide bonds. The molecule has 42 nitrogen and oxygen atoms in total. The van der Waals surface area contributed by atoms with Crippen LogP contribution in [-0.2, 0) is 114 Å². The normalized spacial score (nSPS) is 40.2. The summed E-state index contributed by atoms with van der Waals surface area (Å²) < 4.78 is 130. The van der Waals surface area contributed by atoms with E-state index in [1.165, 1.54) is 21.3 Å². The van der Waals surface area contributed by atoms with Gasteiger partial charge in [0, 0.05) is 61.0 Å². The first-order valence-corrected chi connectivity index (χ1v) is 40.9. The Morgan fingerprint density at radius 2 is 0.479 bits per heavy atom. The number of hydrogen-bond acceptors (Lipinski definition) is 42. The zero-order chi connectivity index (χ0) is 85.1. The molecular formula is C75H138O42. The number of hydrogen-bond donors (Lipinski definition) is 18. The van der Waals surface area contributed by atoms with Crippen molar-refractivity contribution in [3.05, 3.63) is 0 Å². The number of aliphatic hydroxyl groups is 18. The van der Waals surface area contributed by atoms with Crippen LogP contribution in [0, 0.1) is 0 Å². The Hall–Kier alpha value is -1.68. The van der Waals surface area contributed by atoms with Gasteiger partial charge in [-0.05, 0) is 57.8 Å². The number of rotatable bonds is 51. The molecule has 0 saturated carbocycles. The SMILES string of the molecule is C(CCOCC1CO1)COCC1CO1.CC[C@H]1OC(CO[C@H]2OC(COC)[C@@H](O)[C@H](O)C2O)[C@@H](O)[C@H](O)C1O.CC[C@H]1OC(CO[C@H]2OC(COC)[C@@H](OCC(O)COCCCCOCC3CO3)[C@H](O)C2O)[C@@H](O)[C@H](O)C1O.CC[C@H]1OC(CO[C@H]2OC(COC)[C@@H](OCC(O)COCCCCOCC3CO3)[C@H](O)C2O)[C@@H](O)[C@H](O)C1O. The molecular weight excluding hydrogens is 1570 g/mol. The Bertz CT molecular complexity index is 2390. The molecule has 0 bridgehead atoms. The summed E-state index contributed by atoms with van der Waals surface area (Å²) in [7, 11) is 4.27. The molecule has 18 unspecified atom stereocenters. The second kappa shape index (κ2) is 55.0. The lowest BCUT2D eigenvalue weighted by Gasteiger charge is -2.44. The lowest BCUT2D eigenvalue weighted by molar-refractivity contribution is -0.321. The van der Waals surface area contributed by atoms with Crippen LogP contribution in [0.3, 0.4) is 0 Å². The van der Waals surface area contributed by atoms with Crippen LogP contribution >= 0.6 is 0 Å². The molecule has 0 aromatic rings. The number of ether oxygens (including phenoxy) is 24. The fraction of sp³-hybridized carbons (Fsp3) is 1.00. The third kappa shape index (κ3) is 34.9. The summed E-state index contributed by atoms with van der Waals surface area (Å²) in [4.78, 5) is 0. The molecule has 10 heterocycles. The maximum Gasteiger partial charge on any atom is 0.186 e. The average molecular weight is 1710 g/mol. The molecule has 10 aliphatic heterocycles. The highest BCUT2D eigenvalue weighted by Gasteiger charge is 2.52. The van der Waals surface area contributed by atoms with E-state index >= 15 is 0 Å². The standard InChI is InChI=1S/2C25H46O14.C15H28O10.C10H18O4/c2*1-3-16-19(27)21(29)20(28)17(38-16)13-37-25-23(31)22(30)24(18(39-25)12-32-2)36-9-14(26)8-33-6-4-5-7-34-10-15-11-35-15;1-3-6-9(16)12(19)11(18)8(24-6)5-23-15-14(21)13(20)10(17)7(25-15)4-22-2;1(3-11-5-9-7-13-9)2-4-12-6-10-8-14-10/h2*14-31H,3-13H2,1-2H3;6-21H,3-5H2,1-2H3;9-10H,1-8H2/t2*14?,15?,16-,17?,18?,19?,20-,21-,22-,23?,24-,25+;6-,7?,8?,9?,10-,11-,12-,13+,14?,15+;/m111./s1. The average Bonchev–Trinajstić information content (AvgIpc) is 1.81. The smallest absolute Gasteiger partial charge is 0.186 e. The predicted molar refractivity (Wildman–Crippen MR) is 396 cm³/mol. The Balaban J connectivity index is 0.000000227. The summed E-state index contributed by atoms with van der Waals surface area (Å²) in [6, 6.07) is 0. The van der Waals surface area contributed by atoms with Crippen molar-refractivity contribution in [3.8, 4) is 0 Å². The molecule has 0 aliphatic carbocycles. The van der Waals surface area contributed by atoms with E-state index in [4.69, 9.17) is 114 Å². The van der Waals surface area contributed by atoms with Gasteiger partial charge in [-0.15, -0.1) is 0 Å². The van der Waals surface area contributed by atoms with Gasteiger partial charge in [-0.2, -0.15) is 0 Å². The van der Waals surface area contributed by atoms with Gasteiger partial charge in [-0.3, -0.25) is 0 Å².